The fourth-order valence-corrected chi connectivity index (χ4v) is 8.34. The third-order valence-corrected chi connectivity index (χ3v) is 10.5. The number of aliphatic hydroxyl groups is 1. The number of esters is 1. The summed E-state index contributed by atoms with van der Waals surface area (Å²) in [6, 6.07) is 16.2. The molecule has 11 heteroatoms. The molecule has 8 atom stereocenters. The Morgan fingerprint density at radius 3 is 2.40 bits per heavy atom. The Labute approximate surface area is 307 Å². The van der Waals surface area contributed by atoms with Gasteiger partial charge in [-0.2, -0.15) is 0 Å². The summed E-state index contributed by atoms with van der Waals surface area (Å²) in [6.45, 7) is 11.8. The highest BCUT2D eigenvalue weighted by Gasteiger charge is 2.75. The number of hydrogen-bond acceptors (Lipinski definition) is 8. The van der Waals surface area contributed by atoms with E-state index in [1.807, 2.05) is 74.5 Å². The van der Waals surface area contributed by atoms with Gasteiger partial charge < -0.3 is 34.4 Å². The second kappa shape index (κ2) is 17.5. The van der Waals surface area contributed by atoms with Gasteiger partial charge >= 0.3 is 5.97 Å². The number of hydrogen-bond donors (Lipinski definition) is 2. The monoisotopic (exact) mass is 715 g/mol. The molecule has 11 nitrogen and oxygen atoms in total. The lowest BCUT2D eigenvalue weighted by atomic mass is 9.70. The van der Waals surface area contributed by atoms with E-state index in [2.05, 4.69) is 18.5 Å². The van der Waals surface area contributed by atoms with Gasteiger partial charge in [-0.1, -0.05) is 86.7 Å². The number of amides is 3. The highest BCUT2D eigenvalue weighted by Crippen LogP contribution is 2.59. The Morgan fingerprint density at radius 1 is 1.10 bits per heavy atom. The quantitative estimate of drug-likeness (QED) is 0.162. The van der Waals surface area contributed by atoms with Crippen molar-refractivity contribution in [3.05, 3.63) is 97.1 Å². The number of nitrogens with zero attached hydrogens (tertiary/aromatic N) is 2. The molecule has 5 rings (SSSR count). The first-order chi connectivity index (χ1) is 25.1. The van der Waals surface area contributed by atoms with Crippen LogP contribution < -0.4 is 5.32 Å². The van der Waals surface area contributed by atoms with Crippen LogP contribution in [0.25, 0.3) is 0 Å². The van der Waals surface area contributed by atoms with Gasteiger partial charge in [-0.3, -0.25) is 19.2 Å². The zero-order chi connectivity index (χ0) is 37.4. The van der Waals surface area contributed by atoms with Crippen molar-refractivity contribution in [3.63, 3.8) is 0 Å². The van der Waals surface area contributed by atoms with Crippen LogP contribution in [-0.4, -0.2) is 95.3 Å². The van der Waals surface area contributed by atoms with Crippen LogP contribution in [0.3, 0.4) is 0 Å². The number of carbonyl (C=O) groups excluding carboxylic acids is 4. The maximum atomic E-state index is 14.9. The van der Waals surface area contributed by atoms with Gasteiger partial charge in [-0.15, -0.1) is 13.2 Å². The minimum atomic E-state index is -1.30. The van der Waals surface area contributed by atoms with Crippen LogP contribution in [0.2, 0.25) is 0 Å². The molecular weight excluding hydrogens is 662 g/mol. The van der Waals surface area contributed by atoms with Crippen molar-refractivity contribution in [1.29, 1.82) is 0 Å². The number of carbonyl (C=O) groups is 4. The molecule has 0 aliphatic carbocycles. The summed E-state index contributed by atoms with van der Waals surface area (Å²) in [5.41, 5.74) is 0.262. The van der Waals surface area contributed by atoms with Crippen molar-refractivity contribution in [2.24, 2.45) is 17.8 Å². The Kier molecular flexibility index (Phi) is 13.1. The lowest BCUT2D eigenvalue weighted by Crippen LogP contribution is -2.58. The number of allylic oxidation sites excluding steroid dienone is 1. The molecule has 280 valence electrons. The van der Waals surface area contributed by atoms with E-state index in [1.165, 1.54) is 12.0 Å². The zero-order valence-corrected chi connectivity index (χ0v) is 30.5. The van der Waals surface area contributed by atoms with E-state index in [4.69, 9.17) is 14.2 Å². The van der Waals surface area contributed by atoms with Crippen molar-refractivity contribution in [3.8, 4) is 0 Å². The molecule has 0 saturated carbocycles. The SMILES string of the molecule is C=CCCC(=O)N[C@@H](COC)[C@@H](OC(=O)[C@@H]1[C@H]2C(=O)N([C@@H](CO)CC(C)C)[C@H](C(=O)N(CC=C)Cc3ccccc3)[C@]23CC[C@H]1O3)c1ccccc1. The molecule has 2 aromatic carbocycles. The molecule has 52 heavy (non-hydrogen) atoms. The summed E-state index contributed by atoms with van der Waals surface area (Å²) < 4.78 is 18.5. The van der Waals surface area contributed by atoms with E-state index in [9.17, 15) is 24.3 Å². The van der Waals surface area contributed by atoms with Crippen LogP contribution in [0.1, 0.15) is 63.2 Å². The molecular formula is C41H53N3O8. The van der Waals surface area contributed by atoms with Gasteiger partial charge in [-0.05, 0) is 42.7 Å². The number of benzene rings is 2. The fourth-order valence-electron chi connectivity index (χ4n) is 8.34. The van der Waals surface area contributed by atoms with Crippen LogP contribution in [-0.2, 0) is 39.9 Å². The van der Waals surface area contributed by atoms with Crippen molar-refractivity contribution in [2.75, 3.05) is 26.9 Å². The van der Waals surface area contributed by atoms with Crippen molar-refractivity contribution in [2.45, 2.75) is 88.4 Å². The van der Waals surface area contributed by atoms with Gasteiger partial charge in [0.25, 0.3) is 0 Å². The normalized spacial score (nSPS) is 24.9. The Morgan fingerprint density at radius 2 is 1.79 bits per heavy atom. The molecule has 2 aromatic rings. The molecule has 3 saturated heterocycles. The third-order valence-electron chi connectivity index (χ3n) is 10.5. The third kappa shape index (κ3) is 8.01. The highest BCUT2D eigenvalue weighted by atomic mass is 16.6. The Hall–Kier alpha value is -4.32. The minimum Gasteiger partial charge on any atom is -0.455 e. The van der Waals surface area contributed by atoms with Crippen molar-refractivity contribution < 1.29 is 38.5 Å². The predicted molar refractivity (Wildman–Crippen MR) is 195 cm³/mol. The topological polar surface area (TPSA) is 135 Å². The summed E-state index contributed by atoms with van der Waals surface area (Å²) >= 11 is 0. The van der Waals surface area contributed by atoms with E-state index in [1.54, 1.807) is 17.1 Å². The average Bonchev–Trinajstić information content (AvgIpc) is 3.79. The van der Waals surface area contributed by atoms with Gasteiger partial charge in [0.1, 0.15) is 17.7 Å². The predicted octanol–water partition coefficient (Wildman–Crippen LogP) is 4.36. The molecule has 0 aromatic heterocycles. The average molecular weight is 716 g/mol. The Bertz CT molecular complexity index is 1570. The van der Waals surface area contributed by atoms with Crippen LogP contribution in [0, 0.1) is 17.8 Å². The molecule has 1 spiro atoms. The van der Waals surface area contributed by atoms with E-state index >= 15 is 0 Å². The van der Waals surface area contributed by atoms with E-state index in [0.29, 0.717) is 31.2 Å². The second-order valence-corrected chi connectivity index (χ2v) is 14.5. The maximum Gasteiger partial charge on any atom is 0.313 e. The lowest BCUT2D eigenvalue weighted by molar-refractivity contribution is -0.163. The highest BCUT2D eigenvalue weighted by molar-refractivity contribution is 5.98. The van der Waals surface area contributed by atoms with Crippen LogP contribution in [0.15, 0.2) is 86.0 Å². The molecule has 3 aliphatic heterocycles. The van der Waals surface area contributed by atoms with Crippen molar-refractivity contribution in [1.82, 2.24) is 15.1 Å². The number of nitrogens with one attached hydrogen (secondary N) is 1. The number of methoxy groups -OCH3 is 1. The van der Waals surface area contributed by atoms with Crippen molar-refractivity contribution >= 4 is 23.7 Å². The summed E-state index contributed by atoms with van der Waals surface area (Å²) in [7, 11) is 1.51. The first kappa shape index (κ1) is 38.9. The standard InChI is InChI=1S/C41H53N3O8/c1-6-8-19-33(46)42-31(26-50-5)36(29-17-13-10-14-18-29)51-40(49)34-32-20-21-41(52-32)35(34)38(47)44(30(25-45)23-27(3)4)37(41)39(48)43(22-7-2)24-28-15-11-9-12-16-28/h6-7,9-18,27,30-32,34-37,45H,1-2,8,19-26H2,3-5H3,(H,42,46)/t30-,31+,32-,34+,35+,36+,37-,41+/m1/s1. The number of rotatable bonds is 19. The molecule has 2 N–H and O–H groups in total. The lowest BCUT2D eigenvalue weighted by Gasteiger charge is -2.39. The number of aliphatic hydroxyl groups excluding tert-OH is 1. The largest absolute Gasteiger partial charge is 0.455 e. The summed E-state index contributed by atoms with van der Waals surface area (Å²) in [5, 5.41) is 13.7. The summed E-state index contributed by atoms with van der Waals surface area (Å²) in [4.78, 5) is 60.3. The molecule has 0 radical (unpaired) electrons. The first-order valence-corrected chi connectivity index (χ1v) is 18.3. The number of fused-ring (bicyclic) bond motifs is 1. The summed E-state index contributed by atoms with van der Waals surface area (Å²) in [6.07, 6.45) is 3.69. The summed E-state index contributed by atoms with van der Waals surface area (Å²) in [5.74, 6) is -3.52. The first-order valence-electron chi connectivity index (χ1n) is 18.3. The molecule has 3 aliphatic rings. The van der Waals surface area contributed by atoms with E-state index < -0.39 is 59.6 Å². The molecule has 0 unspecified atom stereocenters. The number of ether oxygens (including phenoxy) is 3. The number of likely N-dealkylation sites (tertiary alicyclic amines) is 1. The minimum absolute atomic E-state index is 0.0574. The van der Waals surface area contributed by atoms with Gasteiger partial charge in [0.05, 0.1) is 43.2 Å². The second-order valence-electron chi connectivity index (χ2n) is 14.5. The van der Waals surface area contributed by atoms with Gasteiger partial charge in [0.15, 0.2) is 0 Å². The van der Waals surface area contributed by atoms with Gasteiger partial charge in [-0.25, -0.2) is 0 Å². The Balaban J connectivity index is 1.51. The molecule has 3 fully saturated rings. The van der Waals surface area contributed by atoms with Gasteiger partial charge in [0.2, 0.25) is 17.7 Å². The van der Waals surface area contributed by atoms with Gasteiger partial charge in [0, 0.05) is 26.6 Å². The fraction of sp³-hybridized carbons (Fsp3) is 0.512. The molecule has 3 heterocycles. The zero-order valence-electron chi connectivity index (χ0n) is 30.5. The smallest absolute Gasteiger partial charge is 0.313 e. The van der Waals surface area contributed by atoms with Crippen LogP contribution >= 0.6 is 0 Å². The molecule has 2 bridgehead atoms. The van der Waals surface area contributed by atoms with Crippen LogP contribution in [0.5, 0.6) is 0 Å². The van der Waals surface area contributed by atoms with E-state index in [0.717, 1.165) is 5.56 Å². The molecule has 3 amide bonds. The van der Waals surface area contributed by atoms with E-state index in [-0.39, 0.29) is 50.5 Å². The van der Waals surface area contributed by atoms with Crippen LogP contribution in [0.4, 0.5) is 0 Å². The maximum absolute atomic E-state index is 14.9.